The molecule has 7 nitrogen and oxygen atoms in total. The van der Waals surface area contributed by atoms with E-state index in [1.54, 1.807) is 5.38 Å². The fraction of sp³-hybridized carbons (Fsp3) is 0.0526. The molecule has 0 fully saturated rings. The maximum atomic E-state index is 12.7. The average Bonchev–Trinajstić information content (AvgIpc) is 3.11. The number of methoxy groups -OCH3 is 1. The van der Waals surface area contributed by atoms with Gasteiger partial charge in [0, 0.05) is 27.5 Å². The molecule has 3 rings (SSSR count). The Balaban J connectivity index is 1.97. The van der Waals surface area contributed by atoms with E-state index in [1.165, 1.54) is 19.2 Å². The molecular weight excluding hydrogens is 484 g/mol. The van der Waals surface area contributed by atoms with Gasteiger partial charge in [0.05, 0.1) is 22.6 Å². The highest BCUT2D eigenvalue weighted by Crippen LogP contribution is 2.37. The molecule has 2 aromatic carbocycles. The lowest BCUT2D eigenvalue weighted by atomic mass is 10.0. The molecule has 1 aromatic heterocycles. The lowest BCUT2D eigenvalue weighted by molar-refractivity contribution is -0.384. The summed E-state index contributed by atoms with van der Waals surface area (Å²) in [6.07, 6.45) is 0. The number of amides is 1. The van der Waals surface area contributed by atoms with Crippen molar-refractivity contribution >= 4 is 61.4 Å². The molecule has 0 spiro atoms. The Bertz CT molecular complexity index is 1110. The first kappa shape index (κ1) is 21.0. The second-order valence-corrected chi connectivity index (χ2v) is 7.93. The van der Waals surface area contributed by atoms with Crippen molar-refractivity contribution in [1.29, 1.82) is 0 Å². The third-order valence-corrected chi connectivity index (χ3v) is 5.71. The number of rotatable bonds is 5. The van der Waals surface area contributed by atoms with E-state index < -0.39 is 16.8 Å². The molecule has 10 heteroatoms. The number of carbonyl (C=O) groups excluding carboxylic acids is 2. The molecule has 0 aliphatic heterocycles. The van der Waals surface area contributed by atoms with Crippen molar-refractivity contribution in [1.82, 2.24) is 0 Å². The van der Waals surface area contributed by atoms with Crippen LogP contribution in [-0.2, 0) is 4.74 Å². The van der Waals surface area contributed by atoms with Gasteiger partial charge in [0.15, 0.2) is 0 Å². The number of benzene rings is 2. The van der Waals surface area contributed by atoms with E-state index in [9.17, 15) is 19.7 Å². The number of hydrogen-bond acceptors (Lipinski definition) is 6. The van der Waals surface area contributed by atoms with E-state index in [-0.39, 0.29) is 26.8 Å². The maximum absolute atomic E-state index is 12.7. The minimum atomic E-state index is -0.604. The molecule has 0 saturated carbocycles. The minimum absolute atomic E-state index is 0.0478. The van der Waals surface area contributed by atoms with Crippen molar-refractivity contribution in [3.8, 4) is 11.1 Å². The average molecular weight is 496 g/mol. The van der Waals surface area contributed by atoms with Crippen molar-refractivity contribution in [3.05, 3.63) is 78.6 Å². The first-order valence-electron chi connectivity index (χ1n) is 8.03. The van der Waals surface area contributed by atoms with E-state index >= 15 is 0 Å². The number of esters is 1. The van der Waals surface area contributed by atoms with Crippen molar-refractivity contribution in [2.75, 3.05) is 12.4 Å². The molecule has 0 atom stereocenters. The molecule has 0 radical (unpaired) electrons. The first-order valence-corrected chi connectivity index (χ1v) is 10.1. The van der Waals surface area contributed by atoms with E-state index in [0.29, 0.717) is 5.56 Å². The monoisotopic (exact) mass is 494 g/mol. The summed E-state index contributed by atoms with van der Waals surface area (Å²) >= 11 is 10.5. The van der Waals surface area contributed by atoms with Gasteiger partial charge in [0.1, 0.15) is 10.6 Å². The number of nitro groups is 1. The predicted octanol–water partition coefficient (Wildman–Crippen LogP) is 5.78. The van der Waals surface area contributed by atoms with Gasteiger partial charge >= 0.3 is 5.97 Å². The van der Waals surface area contributed by atoms with Crippen LogP contribution in [0.3, 0.4) is 0 Å². The lowest BCUT2D eigenvalue weighted by Crippen LogP contribution is -2.14. The summed E-state index contributed by atoms with van der Waals surface area (Å²) in [7, 11) is 1.25. The number of nitro benzene ring substituents is 1. The fourth-order valence-electron chi connectivity index (χ4n) is 2.57. The molecule has 148 valence electrons. The Morgan fingerprint density at radius 2 is 1.90 bits per heavy atom. The highest BCUT2D eigenvalue weighted by molar-refractivity contribution is 9.10. The summed E-state index contributed by atoms with van der Waals surface area (Å²) in [5.41, 5.74) is 1.42. The van der Waals surface area contributed by atoms with Gasteiger partial charge in [-0.2, -0.15) is 0 Å². The van der Waals surface area contributed by atoms with Crippen LogP contribution in [0.25, 0.3) is 11.1 Å². The molecule has 0 aliphatic rings. The molecule has 1 N–H and O–H groups in total. The molecule has 3 aromatic rings. The largest absolute Gasteiger partial charge is 0.465 e. The molecule has 1 amide bonds. The number of nitrogens with one attached hydrogen (secondary N) is 1. The number of halogens is 2. The smallest absolute Gasteiger partial charge is 0.341 e. The van der Waals surface area contributed by atoms with Crippen molar-refractivity contribution in [3.63, 3.8) is 0 Å². The van der Waals surface area contributed by atoms with Gasteiger partial charge in [0.2, 0.25) is 0 Å². The number of anilines is 1. The van der Waals surface area contributed by atoms with Crippen molar-refractivity contribution in [2.45, 2.75) is 0 Å². The summed E-state index contributed by atoms with van der Waals surface area (Å²) in [5, 5.41) is 15.4. The van der Waals surface area contributed by atoms with Crippen LogP contribution >= 0.6 is 38.9 Å². The van der Waals surface area contributed by atoms with Gasteiger partial charge in [-0.15, -0.1) is 11.3 Å². The third-order valence-electron chi connectivity index (χ3n) is 3.97. The zero-order valence-corrected chi connectivity index (χ0v) is 17.9. The van der Waals surface area contributed by atoms with Gasteiger partial charge in [0.25, 0.3) is 11.6 Å². The second kappa shape index (κ2) is 8.73. The van der Waals surface area contributed by atoms with Gasteiger partial charge in [-0.25, -0.2) is 4.79 Å². The number of nitrogens with zero attached hydrogens (tertiary/aromatic N) is 1. The van der Waals surface area contributed by atoms with E-state index in [4.69, 9.17) is 16.3 Å². The number of ether oxygens (including phenoxy) is 1. The van der Waals surface area contributed by atoms with E-state index in [0.717, 1.165) is 27.4 Å². The molecular formula is C19H12BrClN2O5S. The number of non-ortho nitro benzene ring substituents is 1. The van der Waals surface area contributed by atoms with Gasteiger partial charge in [-0.05, 0) is 23.8 Å². The second-order valence-electron chi connectivity index (χ2n) is 5.73. The Kier molecular flexibility index (Phi) is 6.31. The summed E-state index contributed by atoms with van der Waals surface area (Å²) in [5.74, 6) is -1.20. The van der Waals surface area contributed by atoms with Gasteiger partial charge in [-0.3, -0.25) is 14.9 Å². The molecule has 0 aliphatic carbocycles. The summed E-state index contributed by atoms with van der Waals surface area (Å²) in [4.78, 5) is 35.3. The number of hydrogen-bond donors (Lipinski definition) is 1. The summed E-state index contributed by atoms with van der Waals surface area (Å²) in [6.45, 7) is 0. The Hall–Kier alpha value is -2.75. The van der Waals surface area contributed by atoms with Crippen molar-refractivity contribution < 1.29 is 19.2 Å². The Labute approximate surface area is 182 Å². The van der Waals surface area contributed by atoms with Crippen LogP contribution in [0.4, 0.5) is 10.7 Å². The quantitative estimate of drug-likeness (QED) is 0.275. The molecule has 29 heavy (non-hydrogen) atoms. The Morgan fingerprint density at radius 3 is 2.48 bits per heavy atom. The van der Waals surface area contributed by atoms with E-state index in [1.807, 2.05) is 24.3 Å². The standard InChI is InChI=1S/C19H12BrClN2O5S/c1-28-19(25)16-14(10-2-4-11(20)5-3-10)9-29-18(16)22-17(24)13-7-6-12(23(26)27)8-15(13)21/h2-9H,1H3,(H,22,24). The zero-order chi connectivity index (χ0) is 21.1. The van der Waals surface area contributed by atoms with E-state index in [2.05, 4.69) is 21.2 Å². The van der Waals surface area contributed by atoms with Crippen LogP contribution in [0.2, 0.25) is 5.02 Å². The fourth-order valence-corrected chi connectivity index (χ4v) is 4.05. The van der Waals surface area contributed by atoms with Crippen LogP contribution in [0.15, 0.2) is 52.3 Å². The normalized spacial score (nSPS) is 10.4. The predicted molar refractivity (Wildman–Crippen MR) is 115 cm³/mol. The SMILES string of the molecule is COC(=O)c1c(-c2ccc(Br)cc2)csc1NC(=O)c1ccc([N+](=O)[O-])cc1Cl. The summed E-state index contributed by atoms with van der Waals surface area (Å²) in [6, 6.07) is 10.9. The highest BCUT2D eigenvalue weighted by atomic mass is 79.9. The molecule has 0 bridgehead atoms. The molecule has 0 unspecified atom stereocenters. The van der Waals surface area contributed by atoms with Crippen LogP contribution in [0, 0.1) is 10.1 Å². The van der Waals surface area contributed by atoms with Gasteiger partial charge in [-0.1, -0.05) is 39.7 Å². The first-order chi connectivity index (χ1) is 13.8. The molecule has 0 saturated heterocycles. The van der Waals surface area contributed by atoms with Crippen LogP contribution in [0.1, 0.15) is 20.7 Å². The van der Waals surface area contributed by atoms with Crippen LogP contribution in [-0.4, -0.2) is 23.9 Å². The third kappa shape index (κ3) is 4.47. The molecule has 1 heterocycles. The van der Waals surface area contributed by atoms with Crippen LogP contribution in [0.5, 0.6) is 0 Å². The zero-order valence-electron chi connectivity index (χ0n) is 14.8. The van der Waals surface area contributed by atoms with Gasteiger partial charge < -0.3 is 10.1 Å². The van der Waals surface area contributed by atoms with Crippen LogP contribution < -0.4 is 5.32 Å². The minimum Gasteiger partial charge on any atom is -0.465 e. The number of carbonyl (C=O) groups is 2. The number of thiophene rings is 1. The summed E-state index contributed by atoms with van der Waals surface area (Å²) < 4.78 is 5.77. The van der Waals surface area contributed by atoms with Crippen molar-refractivity contribution in [2.24, 2.45) is 0 Å². The topological polar surface area (TPSA) is 98.5 Å². The maximum Gasteiger partial charge on any atom is 0.341 e. The lowest BCUT2D eigenvalue weighted by Gasteiger charge is -2.09. The Morgan fingerprint density at radius 1 is 1.21 bits per heavy atom. The highest BCUT2D eigenvalue weighted by Gasteiger charge is 2.24.